The summed E-state index contributed by atoms with van der Waals surface area (Å²) >= 11 is 0. The third-order valence-corrected chi connectivity index (χ3v) is 3.87. The molecule has 0 atom stereocenters. The van der Waals surface area contributed by atoms with Gasteiger partial charge in [0.2, 0.25) is 0 Å². The predicted molar refractivity (Wildman–Crippen MR) is 83.6 cm³/mol. The van der Waals surface area contributed by atoms with Crippen LogP contribution in [0.2, 0.25) is 0 Å². The van der Waals surface area contributed by atoms with Crippen molar-refractivity contribution in [2.75, 3.05) is 23.7 Å². The van der Waals surface area contributed by atoms with Gasteiger partial charge in [-0.3, -0.25) is 0 Å². The highest BCUT2D eigenvalue weighted by atomic mass is 15.4. The lowest BCUT2D eigenvalue weighted by molar-refractivity contribution is 0.848. The van der Waals surface area contributed by atoms with E-state index in [1.165, 1.54) is 0 Å². The minimum Gasteiger partial charge on any atom is -0.382 e. The first kappa shape index (κ1) is 13.5. The summed E-state index contributed by atoms with van der Waals surface area (Å²) in [5.74, 6) is 1.14. The maximum atomic E-state index is 9.42. The Morgan fingerprint density at radius 1 is 1.14 bits per heavy atom. The molecule has 0 radical (unpaired) electrons. The van der Waals surface area contributed by atoms with Crippen molar-refractivity contribution in [2.24, 2.45) is 0 Å². The Morgan fingerprint density at radius 3 is 2.33 bits per heavy atom. The quantitative estimate of drug-likeness (QED) is 0.918. The van der Waals surface area contributed by atoms with E-state index in [1.807, 2.05) is 26.0 Å². The van der Waals surface area contributed by atoms with Crippen molar-refractivity contribution in [3.05, 3.63) is 34.9 Å². The normalized spacial score (nSPS) is 14.4. The minimum absolute atomic E-state index is 0.421. The molecule has 3 rings (SSSR count). The highest BCUT2D eigenvalue weighted by Gasteiger charge is 2.23. The van der Waals surface area contributed by atoms with E-state index >= 15 is 0 Å². The number of hydrogen-bond donors (Lipinski definition) is 1. The molecule has 0 saturated carbocycles. The molecule has 1 saturated heterocycles. The number of benzene rings is 1. The molecule has 1 fully saturated rings. The third-order valence-electron chi connectivity index (χ3n) is 3.87. The van der Waals surface area contributed by atoms with Crippen molar-refractivity contribution in [3.8, 4) is 11.8 Å². The molecule has 1 aliphatic rings. The van der Waals surface area contributed by atoms with E-state index < -0.39 is 0 Å². The van der Waals surface area contributed by atoms with Crippen LogP contribution < -0.4 is 10.6 Å². The van der Waals surface area contributed by atoms with Gasteiger partial charge in [-0.2, -0.15) is 5.26 Å². The SMILES string of the molecule is Cc1cc(C)cc(-n2nc(N3CCCC3)c(C#N)c2N)c1. The van der Waals surface area contributed by atoms with Crippen LogP contribution in [0, 0.1) is 25.2 Å². The molecule has 2 aromatic rings. The summed E-state index contributed by atoms with van der Waals surface area (Å²) in [6.07, 6.45) is 2.28. The first-order valence-corrected chi connectivity index (χ1v) is 7.22. The van der Waals surface area contributed by atoms with Crippen LogP contribution >= 0.6 is 0 Å². The van der Waals surface area contributed by atoms with Crippen LogP contribution in [-0.4, -0.2) is 22.9 Å². The Morgan fingerprint density at radius 2 is 1.76 bits per heavy atom. The largest absolute Gasteiger partial charge is 0.382 e. The van der Waals surface area contributed by atoms with Crippen molar-refractivity contribution in [3.63, 3.8) is 0 Å². The molecule has 0 amide bonds. The summed E-state index contributed by atoms with van der Waals surface area (Å²) in [6.45, 7) is 5.97. The fraction of sp³-hybridized carbons (Fsp3) is 0.375. The third kappa shape index (κ3) is 2.33. The van der Waals surface area contributed by atoms with Gasteiger partial charge in [-0.1, -0.05) is 6.07 Å². The molecule has 5 heteroatoms. The molecule has 21 heavy (non-hydrogen) atoms. The highest BCUT2D eigenvalue weighted by Crippen LogP contribution is 2.29. The molecule has 1 aromatic carbocycles. The smallest absolute Gasteiger partial charge is 0.171 e. The van der Waals surface area contributed by atoms with Crippen LogP contribution in [0.5, 0.6) is 0 Å². The fourth-order valence-electron chi connectivity index (χ4n) is 2.95. The van der Waals surface area contributed by atoms with E-state index in [0.29, 0.717) is 17.2 Å². The lowest BCUT2D eigenvalue weighted by atomic mass is 10.1. The lowest BCUT2D eigenvalue weighted by Crippen LogP contribution is -2.19. The highest BCUT2D eigenvalue weighted by molar-refractivity contribution is 5.67. The number of nitrogen functional groups attached to an aromatic ring is 1. The average molecular weight is 281 g/mol. The molecule has 2 heterocycles. The molecule has 1 aliphatic heterocycles. The van der Waals surface area contributed by atoms with Gasteiger partial charge in [0.1, 0.15) is 17.5 Å². The Balaban J connectivity index is 2.13. The Labute approximate surface area is 124 Å². The summed E-state index contributed by atoms with van der Waals surface area (Å²) < 4.78 is 1.69. The average Bonchev–Trinajstić information content (AvgIpc) is 3.04. The fourth-order valence-corrected chi connectivity index (χ4v) is 2.95. The molecule has 0 aliphatic carbocycles. The molecular weight excluding hydrogens is 262 g/mol. The van der Waals surface area contributed by atoms with Crippen molar-refractivity contribution in [2.45, 2.75) is 26.7 Å². The lowest BCUT2D eigenvalue weighted by Gasteiger charge is -2.13. The van der Waals surface area contributed by atoms with Crippen LogP contribution in [0.25, 0.3) is 5.69 Å². The van der Waals surface area contributed by atoms with E-state index in [2.05, 4.69) is 22.1 Å². The Kier molecular flexibility index (Phi) is 3.30. The van der Waals surface area contributed by atoms with Crippen molar-refractivity contribution in [1.29, 1.82) is 5.26 Å². The second-order valence-corrected chi connectivity index (χ2v) is 5.65. The van der Waals surface area contributed by atoms with Crippen LogP contribution in [-0.2, 0) is 0 Å². The van der Waals surface area contributed by atoms with Gasteiger partial charge < -0.3 is 10.6 Å². The van der Waals surface area contributed by atoms with Crippen molar-refractivity contribution >= 4 is 11.6 Å². The number of nitriles is 1. The minimum atomic E-state index is 0.421. The number of rotatable bonds is 2. The standard InChI is InChI=1S/C16H19N5/c1-11-7-12(2)9-13(8-11)21-15(18)14(10-17)16(19-21)20-5-3-4-6-20/h7-9H,3-6,18H2,1-2H3. The van der Waals surface area contributed by atoms with Gasteiger partial charge in [0.15, 0.2) is 5.82 Å². The van der Waals surface area contributed by atoms with Crippen molar-refractivity contribution in [1.82, 2.24) is 9.78 Å². The van der Waals surface area contributed by atoms with Gasteiger partial charge >= 0.3 is 0 Å². The van der Waals surface area contributed by atoms with Crippen LogP contribution in [0.4, 0.5) is 11.6 Å². The van der Waals surface area contributed by atoms with Crippen LogP contribution in [0.15, 0.2) is 18.2 Å². The maximum Gasteiger partial charge on any atom is 0.171 e. The predicted octanol–water partition coefficient (Wildman–Crippen LogP) is 2.54. The number of aryl methyl sites for hydroxylation is 2. The van der Waals surface area contributed by atoms with E-state index in [9.17, 15) is 5.26 Å². The van der Waals surface area contributed by atoms with Gasteiger partial charge in [0, 0.05) is 13.1 Å². The molecule has 5 nitrogen and oxygen atoms in total. The monoisotopic (exact) mass is 281 g/mol. The first-order valence-electron chi connectivity index (χ1n) is 7.22. The van der Waals surface area contributed by atoms with Crippen molar-refractivity contribution < 1.29 is 0 Å². The van der Waals surface area contributed by atoms with Crippen LogP contribution in [0.1, 0.15) is 29.5 Å². The molecule has 2 N–H and O–H groups in total. The molecule has 108 valence electrons. The number of nitrogens with zero attached hydrogens (tertiary/aromatic N) is 4. The molecule has 1 aromatic heterocycles. The van der Waals surface area contributed by atoms with Gasteiger partial charge in [-0.15, -0.1) is 5.10 Å². The van der Waals surface area contributed by atoms with Gasteiger partial charge in [-0.25, -0.2) is 4.68 Å². The van der Waals surface area contributed by atoms with Gasteiger partial charge in [-0.05, 0) is 49.9 Å². The summed E-state index contributed by atoms with van der Waals surface area (Å²) in [7, 11) is 0. The molecule has 0 bridgehead atoms. The zero-order valence-electron chi connectivity index (χ0n) is 12.4. The van der Waals surface area contributed by atoms with Gasteiger partial charge in [0.25, 0.3) is 0 Å². The number of anilines is 2. The second-order valence-electron chi connectivity index (χ2n) is 5.65. The van der Waals surface area contributed by atoms with E-state index in [0.717, 1.165) is 42.7 Å². The van der Waals surface area contributed by atoms with E-state index in [4.69, 9.17) is 5.73 Å². The van der Waals surface area contributed by atoms with E-state index in [1.54, 1.807) is 4.68 Å². The number of nitrogens with two attached hydrogens (primary N) is 1. The summed E-state index contributed by atoms with van der Waals surface area (Å²) in [6, 6.07) is 8.38. The Bertz CT molecular complexity index is 697. The number of aromatic nitrogens is 2. The molecule has 0 spiro atoms. The Hall–Kier alpha value is -2.48. The molecular formula is C16H19N5. The van der Waals surface area contributed by atoms with Crippen LogP contribution in [0.3, 0.4) is 0 Å². The summed E-state index contributed by atoms with van der Waals surface area (Å²) in [5, 5.41) is 14.0. The maximum absolute atomic E-state index is 9.42. The number of hydrogen-bond acceptors (Lipinski definition) is 4. The summed E-state index contributed by atoms with van der Waals surface area (Å²) in [5.41, 5.74) is 9.87. The topological polar surface area (TPSA) is 70.9 Å². The second kappa shape index (κ2) is 5.13. The van der Waals surface area contributed by atoms with E-state index in [-0.39, 0.29) is 0 Å². The molecule has 0 unspecified atom stereocenters. The zero-order chi connectivity index (χ0) is 15.0. The first-order chi connectivity index (χ1) is 10.1. The summed E-state index contributed by atoms with van der Waals surface area (Å²) in [4.78, 5) is 2.15. The zero-order valence-corrected chi connectivity index (χ0v) is 12.4. The van der Waals surface area contributed by atoms with Gasteiger partial charge in [0.05, 0.1) is 5.69 Å².